The van der Waals surface area contributed by atoms with Gasteiger partial charge in [-0.3, -0.25) is 0 Å². The van der Waals surface area contributed by atoms with Gasteiger partial charge < -0.3 is 28.4 Å². The minimum Gasteiger partial charge on any atom is -0.434 e. The van der Waals surface area contributed by atoms with E-state index in [1.165, 1.54) is 0 Å². The Balaban J connectivity index is 1.19. The molecule has 2 heterocycles. The number of hydrogen-bond acceptors (Lipinski definition) is 8. The first kappa shape index (κ1) is 21.2. The highest BCUT2D eigenvalue weighted by Crippen LogP contribution is 2.29. The van der Waals surface area contributed by atoms with Gasteiger partial charge in [0.25, 0.3) is 0 Å². The average molecular weight is 400 g/mol. The number of ether oxygens (including phenoxy) is 6. The number of hydrogen-bond donors (Lipinski definition) is 0. The standard InChI is InChI=1S/C20H32O8/c21-19(27-13-17-5-7-23-9-17)25-11-15-1-2-16(4-3-15)12-26-20(22)28-14-18-6-8-24-10-18/h15-18H,1-14H2. The van der Waals surface area contributed by atoms with E-state index in [9.17, 15) is 9.59 Å². The Morgan fingerprint density at radius 2 is 0.929 bits per heavy atom. The van der Waals surface area contributed by atoms with Gasteiger partial charge in [-0.1, -0.05) is 0 Å². The molecule has 1 saturated carbocycles. The first-order valence-electron chi connectivity index (χ1n) is 10.4. The minimum atomic E-state index is -0.590. The Morgan fingerprint density at radius 3 is 1.25 bits per heavy atom. The Labute approximate surface area is 166 Å². The molecule has 28 heavy (non-hydrogen) atoms. The van der Waals surface area contributed by atoms with Crippen molar-refractivity contribution in [1.29, 1.82) is 0 Å². The second-order valence-electron chi connectivity index (χ2n) is 8.09. The first-order chi connectivity index (χ1) is 13.7. The number of carbonyl (C=O) groups is 2. The molecule has 8 nitrogen and oxygen atoms in total. The molecule has 3 fully saturated rings. The zero-order valence-electron chi connectivity index (χ0n) is 16.5. The Morgan fingerprint density at radius 1 is 0.571 bits per heavy atom. The van der Waals surface area contributed by atoms with Gasteiger partial charge in [-0.15, -0.1) is 0 Å². The van der Waals surface area contributed by atoms with Crippen LogP contribution in [0.5, 0.6) is 0 Å². The lowest BCUT2D eigenvalue weighted by molar-refractivity contribution is 0.0156. The molecule has 0 bridgehead atoms. The van der Waals surface area contributed by atoms with E-state index in [1.54, 1.807) is 0 Å². The number of carbonyl (C=O) groups excluding carboxylic acids is 2. The first-order valence-corrected chi connectivity index (χ1v) is 10.4. The maximum absolute atomic E-state index is 11.7. The lowest BCUT2D eigenvalue weighted by Gasteiger charge is -2.27. The molecular weight excluding hydrogens is 368 g/mol. The van der Waals surface area contributed by atoms with Gasteiger partial charge in [0.15, 0.2) is 0 Å². The Hall–Kier alpha value is -1.54. The zero-order valence-corrected chi connectivity index (χ0v) is 16.5. The quantitative estimate of drug-likeness (QED) is 0.574. The molecule has 0 spiro atoms. The van der Waals surface area contributed by atoms with Crippen LogP contribution in [0.25, 0.3) is 0 Å². The summed E-state index contributed by atoms with van der Waals surface area (Å²) in [5.74, 6) is 1.27. The second-order valence-corrected chi connectivity index (χ2v) is 8.09. The van der Waals surface area contributed by atoms with Crippen molar-refractivity contribution in [3.8, 4) is 0 Å². The van der Waals surface area contributed by atoms with Crippen LogP contribution in [0, 0.1) is 23.7 Å². The molecule has 0 radical (unpaired) electrons. The molecule has 2 unspecified atom stereocenters. The van der Waals surface area contributed by atoms with Crippen molar-refractivity contribution in [3.63, 3.8) is 0 Å². The van der Waals surface area contributed by atoms with Crippen LogP contribution in [0.15, 0.2) is 0 Å². The Bertz CT molecular complexity index is 433. The van der Waals surface area contributed by atoms with Crippen LogP contribution in [0.4, 0.5) is 9.59 Å². The fourth-order valence-electron chi connectivity index (χ4n) is 3.82. The molecule has 160 valence electrons. The normalized spacial score (nSPS) is 30.0. The minimum absolute atomic E-state index is 0.293. The Kier molecular flexibility index (Phi) is 8.67. The highest BCUT2D eigenvalue weighted by molar-refractivity contribution is 5.60. The molecule has 2 aliphatic heterocycles. The summed E-state index contributed by atoms with van der Waals surface area (Å²) in [7, 11) is 0. The van der Waals surface area contributed by atoms with E-state index in [0.29, 0.717) is 63.3 Å². The van der Waals surface area contributed by atoms with Gasteiger partial charge in [-0.25, -0.2) is 9.59 Å². The van der Waals surface area contributed by atoms with E-state index >= 15 is 0 Å². The number of rotatable bonds is 8. The average Bonchev–Trinajstić information content (AvgIpc) is 3.42. The SMILES string of the molecule is O=C(OCC1CCC(COC(=O)OCC2CCOC2)CC1)OCC1CCOC1. The zero-order chi connectivity index (χ0) is 19.6. The lowest BCUT2D eigenvalue weighted by Crippen LogP contribution is -2.25. The topological polar surface area (TPSA) is 89.5 Å². The van der Waals surface area contributed by atoms with Crippen molar-refractivity contribution < 1.29 is 38.0 Å². The summed E-state index contributed by atoms with van der Waals surface area (Å²) in [5, 5.41) is 0. The molecule has 3 aliphatic rings. The summed E-state index contributed by atoms with van der Waals surface area (Å²) in [6.45, 7) is 4.30. The highest BCUT2D eigenvalue weighted by Gasteiger charge is 2.25. The third-order valence-electron chi connectivity index (χ3n) is 5.76. The maximum atomic E-state index is 11.7. The van der Waals surface area contributed by atoms with Gasteiger partial charge in [0.1, 0.15) is 13.2 Å². The van der Waals surface area contributed by atoms with Crippen LogP contribution in [-0.4, -0.2) is 65.2 Å². The van der Waals surface area contributed by atoms with Gasteiger partial charge >= 0.3 is 12.3 Å². The summed E-state index contributed by atoms with van der Waals surface area (Å²) >= 11 is 0. The molecule has 0 aromatic carbocycles. The van der Waals surface area contributed by atoms with Crippen molar-refractivity contribution in [2.75, 3.05) is 52.9 Å². The van der Waals surface area contributed by atoms with E-state index in [2.05, 4.69) is 0 Å². The van der Waals surface area contributed by atoms with Crippen molar-refractivity contribution >= 4 is 12.3 Å². The fraction of sp³-hybridized carbons (Fsp3) is 0.900. The molecule has 2 atom stereocenters. The van der Waals surface area contributed by atoms with Gasteiger partial charge in [0.05, 0.1) is 26.4 Å². The van der Waals surface area contributed by atoms with Gasteiger partial charge in [-0.2, -0.15) is 0 Å². The van der Waals surface area contributed by atoms with Crippen LogP contribution in [0.3, 0.4) is 0 Å². The third kappa shape index (κ3) is 7.47. The van der Waals surface area contributed by atoms with Crippen LogP contribution in [0.2, 0.25) is 0 Å². The largest absolute Gasteiger partial charge is 0.508 e. The van der Waals surface area contributed by atoms with E-state index in [-0.39, 0.29) is 0 Å². The highest BCUT2D eigenvalue weighted by atomic mass is 16.7. The summed E-state index contributed by atoms with van der Waals surface area (Å²) in [6.07, 6.45) is 4.49. The maximum Gasteiger partial charge on any atom is 0.508 e. The molecule has 8 heteroatoms. The van der Waals surface area contributed by atoms with Gasteiger partial charge in [0, 0.05) is 25.0 Å². The van der Waals surface area contributed by atoms with E-state index in [0.717, 1.165) is 51.7 Å². The van der Waals surface area contributed by atoms with E-state index in [1.807, 2.05) is 0 Å². The van der Waals surface area contributed by atoms with Crippen molar-refractivity contribution in [2.24, 2.45) is 23.7 Å². The summed E-state index contributed by atoms with van der Waals surface area (Å²) < 4.78 is 31.3. The van der Waals surface area contributed by atoms with E-state index < -0.39 is 12.3 Å². The van der Waals surface area contributed by atoms with Crippen LogP contribution >= 0.6 is 0 Å². The second kappa shape index (κ2) is 11.5. The predicted molar refractivity (Wildman–Crippen MR) is 97.9 cm³/mol. The molecular formula is C20H32O8. The molecule has 0 aromatic rings. The third-order valence-corrected chi connectivity index (χ3v) is 5.76. The van der Waals surface area contributed by atoms with Gasteiger partial charge in [0.2, 0.25) is 0 Å². The van der Waals surface area contributed by atoms with Crippen LogP contribution in [-0.2, 0) is 28.4 Å². The van der Waals surface area contributed by atoms with Crippen molar-refractivity contribution in [2.45, 2.75) is 38.5 Å². The fourth-order valence-corrected chi connectivity index (χ4v) is 3.82. The lowest BCUT2D eigenvalue weighted by atomic mass is 9.83. The molecule has 0 amide bonds. The summed E-state index contributed by atoms with van der Waals surface area (Å²) in [6, 6.07) is 0. The van der Waals surface area contributed by atoms with Crippen LogP contribution in [0.1, 0.15) is 38.5 Å². The summed E-state index contributed by atoms with van der Waals surface area (Å²) in [5.41, 5.74) is 0. The van der Waals surface area contributed by atoms with Crippen molar-refractivity contribution in [1.82, 2.24) is 0 Å². The molecule has 0 aromatic heterocycles. The molecule has 2 saturated heterocycles. The predicted octanol–water partition coefficient (Wildman–Crippen LogP) is 3.17. The molecule has 0 N–H and O–H groups in total. The van der Waals surface area contributed by atoms with Crippen molar-refractivity contribution in [3.05, 3.63) is 0 Å². The van der Waals surface area contributed by atoms with Crippen LogP contribution < -0.4 is 0 Å². The monoisotopic (exact) mass is 400 g/mol. The smallest absolute Gasteiger partial charge is 0.434 e. The van der Waals surface area contributed by atoms with Gasteiger partial charge in [-0.05, 0) is 50.4 Å². The van der Waals surface area contributed by atoms with E-state index in [4.69, 9.17) is 28.4 Å². The molecule has 3 rings (SSSR count). The molecule has 1 aliphatic carbocycles. The summed E-state index contributed by atoms with van der Waals surface area (Å²) in [4.78, 5) is 23.4.